The molecule has 2 N–H and O–H groups in total. The van der Waals surface area contributed by atoms with E-state index in [1.54, 1.807) is 24.3 Å². The van der Waals surface area contributed by atoms with Gasteiger partial charge in [0.05, 0.1) is 5.92 Å². The second kappa shape index (κ2) is 7.18. The molecule has 9 heteroatoms. The summed E-state index contributed by atoms with van der Waals surface area (Å²) in [7, 11) is 0. The third kappa shape index (κ3) is 4.30. The van der Waals surface area contributed by atoms with Crippen molar-refractivity contribution in [2.24, 2.45) is 5.92 Å². The van der Waals surface area contributed by atoms with Gasteiger partial charge in [0.25, 0.3) is 0 Å². The molecule has 1 aliphatic heterocycles. The zero-order valence-corrected chi connectivity index (χ0v) is 14.4. The maximum atomic E-state index is 12.2. The van der Waals surface area contributed by atoms with Crippen molar-refractivity contribution < 1.29 is 23.6 Å². The van der Waals surface area contributed by atoms with Crippen LogP contribution in [0, 0.1) is 5.92 Å². The highest BCUT2D eigenvalue weighted by molar-refractivity contribution is 6.04. The zero-order valence-electron chi connectivity index (χ0n) is 14.4. The lowest BCUT2D eigenvalue weighted by molar-refractivity contribution is -0.138. The largest absolute Gasteiger partial charge is 0.485 e. The number of nitrogens with one attached hydrogen (secondary N) is 2. The zero-order chi connectivity index (χ0) is 18.8. The summed E-state index contributed by atoms with van der Waals surface area (Å²) < 4.78 is 10.8. The third-order valence-corrected chi connectivity index (χ3v) is 4.41. The normalized spacial score (nSPS) is 17.5. The van der Waals surface area contributed by atoms with Crippen LogP contribution in [0.25, 0.3) is 0 Å². The highest BCUT2D eigenvalue weighted by Gasteiger charge is 2.30. The molecule has 0 atom stereocenters. The number of benzene rings is 1. The van der Waals surface area contributed by atoms with E-state index in [9.17, 15) is 14.4 Å². The summed E-state index contributed by atoms with van der Waals surface area (Å²) in [5.41, 5.74) is 0.557. The van der Waals surface area contributed by atoms with Crippen LogP contribution in [0.5, 0.6) is 5.75 Å². The monoisotopic (exact) mass is 370 g/mol. The summed E-state index contributed by atoms with van der Waals surface area (Å²) in [6.45, 7) is 0.196. The van der Waals surface area contributed by atoms with E-state index in [1.807, 2.05) is 0 Å². The molecule has 1 saturated carbocycles. The van der Waals surface area contributed by atoms with Crippen LogP contribution in [0.2, 0.25) is 0 Å². The maximum Gasteiger partial charge on any atom is 0.229 e. The lowest BCUT2D eigenvalue weighted by atomic mass is 9.96. The molecule has 1 aromatic heterocycles. The van der Waals surface area contributed by atoms with Crippen molar-refractivity contribution in [2.75, 3.05) is 5.32 Å². The number of rotatable bonds is 6. The van der Waals surface area contributed by atoms with E-state index in [4.69, 9.17) is 9.26 Å². The van der Waals surface area contributed by atoms with Gasteiger partial charge in [-0.2, -0.15) is 4.98 Å². The first kappa shape index (κ1) is 17.2. The molecular weight excluding hydrogens is 352 g/mol. The molecule has 0 unspecified atom stereocenters. The average Bonchev–Trinajstić information content (AvgIpc) is 3.39. The fourth-order valence-electron chi connectivity index (χ4n) is 2.81. The lowest BCUT2D eigenvalue weighted by Gasteiger charge is -2.20. The topological polar surface area (TPSA) is 123 Å². The number of hydrogen-bond acceptors (Lipinski definition) is 7. The number of ether oxygens (including phenoxy) is 1. The Balaban J connectivity index is 1.29. The van der Waals surface area contributed by atoms with Gasteiger partial charge in [-0.1, -0.05) is 5.16 Å². The van der Waals surface area contributed by atoms with Gasteiger partial charge in [-0.05, 0) is 37.1 Å². The molecule has 0 spiro atoms. The number of carbonyl (C=O) groups is 3. The smallest absolute Gasteiger partial charge is 0.229 e. The summed E-state index contributed by atoms with van der Waals surface area (Å²) in [5, 5.41) is 8.78. The number of hydrogen-bond donors (Lipinski definition) is 2. The van der Waals surface area contributed by atoms with Gasteiger partial charge < -0.3 is 14.6 Å². The van der Waals surface area contributed by atoms with Crippen molar-refractivity contribution >= 4 is 23.4 Å². The lowest BCUT2D eigenvalue weighted by Crippen LogP contribution is -2.42. The number of anilines is 1. The average molecular weight is 370 g/mol. The van der Waals surface area contributed by atoms with Gasteiger partial charge in [0, 0.05) is 24.4 Å². The molecule has 2 aromatic rings. The number of nitrogens with zero attached hydrogens (tertiary/aromatic N) is 2. The first-order valence-electron chi connectivity index (χ1n) is 8.76. The van der Waals surface area contributed by atoms with Crippen LogP contribution < -0.4 is 15.4 Å². The predicted octanol–water partition coefficient (Wildman–Crippen LogP) is 1.52. The molecule has 2 fully saturated rings. The van der Waals surface area contributed by atoms with Crippen LogP contribution in [0.4, 0.5) is 5.69 Å². The molecule has 2 aliphatic rings. The van der Waals surface area contributed by atoms with Crippen LogP contribution in [0.1, 0.15) is 43.3 Å². The number of amides is 3. The Morgan fingerprint density at radius 1 is 1.19 bits per heavy atom. The van der Waals surface area contributed by atoms with Crippen LogP contribution in [-0.4, -0.2) is 27.9 Å². The first-order chi connectivity index (χ1) is 13.1. The van der Waals surface area contributed by atoms with Gasteiger partial charge in [-0.15, -0.1) is 0 Å². The van der Waals surface area contributed by atoms with E-state index < -0.39 is 17.7 Å². The molecule has 1 aliphatic carbocycles. The van der Waals surface area contributed by atoms with Gasteiger partial charge >= 0.3 is 0 Å². The van der Waals surface area contributed by atoms with Crippen molar-refractivity contribution in [3.05, 3.63) is 36.0 Å². The summed E-state index contributed by atoms with van der Waals surface area (Å²) in [6.07, 6.45) is 2.20. The van der Waals surface area contributed by atoms with Gasteiger partial charge in [0.15, 0.2) is 6.61 Å². The fourth-order valence-corrected chi connectivity index (χ4v) is 2.81. The number of piperidine rings is 1. The van der Waals surface area contributed by atoms with E-state index in [0.717, 1.165) is 12.8 Å². The van der Waals surface area contributed by atoms with Crippen LogP contribution >= 0.6 is 0 Å². The standard InChI is InChI=1S/C18H18N4O5/c23-15-7-11(8-16(24)21-15)17(25)19-12-3-5-13(6-4-12)26-9-14-20-18(27-22-14)10-1-2-10/h3-6,10-11H,1-2,7-9H2,(H,19,25)(H,21,23,24). The second-order valence-electron chi connectivity index (χ2n) is 6.70. The minimum atomic E-state index is -0.652. The van der Waals surface area contributed by atoms with E-state index in [2.05, 4.69) is 20.8 Å². The molecule has 0 radical (unpaired) electrons. The molecule has 9 nitrogen and oxygen atoms in total. The van der Waals surface area contributed by atoms with Gasteiger partial charge in [0.1, 0.15) is 5.75 Å². The molecule has 140 valence electrons. The van der Waals surface area contributed by atoms with E-state index >= 15 is 0 Å². The van der Waals surface area contributed by atoms with Crippen LogP contribution in [-0.2, 0) is 21.0 Å². The Morgan fingerprint density at radius 3 is 2.56 bits per heavy atom. The SMILES string of the molecule is O=C1CC(C(=O)Nc2ccc(OCc3noc(C4CC4)n3)cc2)CC(=O)N1. The van der Waals surface area contributed by atoms with Gasteiger partial charge in [-0.3, -0.25) is 19.7 Å². The molecule has 4 rings (SSSR count). The van der Waals surface area contributed by atoms with Crippen molar-refractivity contribution in [3.63, 3.8) is 0 Å². The summed E-state index contributed by atoms with van der Waals surface area (Å²) in [5.74, 6) is 0.295. The van der Waals surface area contributed by atoms with Crippen LogP contribution in [0.15, 0.2) is 28.8 Å². The Morgan fingerprint density at radius 2 is 1.89 bits per heavy atom. The molecule has 2 heterocycles. The summed E-state index contributed by atoms with van der Waals surface area (Å²) >= 11 is 0. The molecular formula is C18H18N4O5. The minimum absolute atomic E-state index is 0.00626. The minimum Gasteiger partial charge on any atom is -0.485 e. The van der Waals surface area contributed by atoms with Gasteiger partial charge in [0.2, 0.25) is 29.4 Å². The van der Waals surface area contributed by atoms with E-state index in [-0.39, 0.29) is 25.4 Å². The molecule has 3 amide bonds. The molecule has 0 bridgehead atoms. The molecule has 27 heavy (non-hydrogen) atoms. The molecule has 1 saturated heterocycles. The fraction of sp³-hybridized carbons (Fsp3) is 0.389. The Kier molecular flexibility index (Phi) is 4.57. The maximum absolute atomic E-state index is 12.2. The van der Waals surface area contributed by atoms with E-state index in [0.29, 0.717) is 29.1 Å². The highest BCUT2D eigenvalue weighted by atomic mass is 16.5. The summed E-state index contributed by atoms with van der Waals surface area (Å²) in [6, 6.07) is 6.78. The van der Waals surface area contributed by atoms with Crippen LogP contribution in [0.3, 0.4) is 0 Å². The second-order valence-corrected chi connectivity index (χ2v) is 6.70. The van der Waals surface area contributed by atoms with Crippen molar-refractivity contribution in [1.82, 2.24) is 15.5 Å². The van der Waals surface area contributed by atoms with Gasteiger partial charge in [-0.25, -0.2) is 0 Å². The number of imide groups is 1. The van der Waals surface area contributed by atoms with Crippen molar-refractivity contribution in [2.45, 2.75) is 38.2 Å². The highest BCUT2D eigenvalue weighted by Crippen LogP contribution is 2.38. The predicted molar refractivity (Wildman–Crippen MR) is 91.6 cm³/mol. The Labute approximate surface area is 154 Å². The Bertz CT molecular complexity index is 856. The Hall–Kier alpha value is -3.23. The summed E-state index contributed by atoms with van der Waals surface area (Å²) in [4.78, 5) is 39.2. The van der Waals surface area contributed by atoms with Crippen molar-refractivity contribution in [3.8, 4) is 5.75 Å². The third-order valence-electron chi connectivity index (χ3n) is 4.41. The number of aromatic nitrogens is 2. The molecule has 1 aromatic carbocycles. The quantitative estimate of drug-likeness (QED) is 0.739. The van der Waals surface area contributed by atoms with Crippen molar-refractivity contribution in [1.29, 1.82) is 0 Å². The number of carbonyl (C=O) groups excluding carboxylic acids is 3. The van der Waals surface area contributed by atoms with E-state index in [1.165, 1.54) is 0 Å². The first-order valence-corrected chi connectivity index (χ1v) is 8.76.